The summed E-state index contributed by atoms with van der Waals surface area (Å²) in [5.74, 6) is 1.31. The number of rotatable bonds is 13. The number of hydrogen-bond donors (Lipinski definition) is 1. The molecule has 35 heavy (non-hydrogen) atoms. The molecule has 3 rings (SSSR count). The zero-order chi connectivity index (χ0) is 25.3. The van der Waals surface area contributed by atoms with Crippen molar-refractivity contribution < 1.29 is 19.3 Å². The Balaban J connectivity index is 2.05. The first kappa shape index (κ1) is 26.3. The van der Waals surface area contributed by atoms with Gasteiger partial charge in [0.25, 0.3) is 0 Å². The van der Waals surface area contributed by atoms with E-state index in [1.807, 2.05) is 32.1 Å². The monoisotopic (exact) mass is 472 g/mol. The number of fused-ring (bicyclic) bond motifs is 3. The Bertz CT molecular complexity index is 1090. The summed E-state index contributed by atoms with van der Waals surface area (Å²) in [5.41, 5.74) is 6.26. The zero-order valence-corrected chi connectivity index (χ0v) is 21.0. The molecule has 0 aliphatic heterocycles. The van der Waals surface area contributed by atoms with Crippen LogP contribution in [0.25, 0.3) is 11.1 Å². The average molecular weight is 473 g/mol. The number of ether oxygens (including phenoxy) is 3. The van der Waals surface area contributed by atoms with Gasteiger partial charge in [0.05, 0.1) is 24.4 Å². The summed E-state index contributed by atoms with van der Waals surface area (Å²) in [5, 5.41) is 9.07. The number of benzene rings is 2. The molecule has 0 aromatic heterocycles. The Hall–Kier alpha value is -3.34. The van der Waals surface area contributed by atoms with Gasteiger partial charge in [0.1, 0.15) is 19.0 Å². The Morgan fingerprint density at radius 3 is 2.09 bits per heavy atom. The third kappa shape index (κ3) is 5.67. The molecule has 0 amide bonds. The van der Waals surface area contributed by atoms with E-state index >= 15 is 0 Å². The molecular formula is C31H36O4. The summed E-state index contributed by atoms with van der Waals surface area (Å²) >= 11 is 0. The Kier molecular flexibility index (Phi) is 9.30. The molecule has 184 valence electrons. The summed E-state index contributed by atoms with van der Waals surface area (Å²) < 4.78 is 16.6. The minimum Gasteiger partial charge on any atom is -0.496 e. The summed E-state index contributed by atoms with van der Waals surface area (Å²) in [6.45, 7) is 16.5. The fourth-order valence-electron chi connectivity index (χ4n) is 4.62. The second kappa shape index (κ2) is 12.4. The second-order valence-electron chi connectivity index (χ2n) is 8.41. The smallest absolute Gasteiger partial charge is 0.112 e. The quantitative estimate of drug-likeness (QED) is 0.206. The number of allylic oxidation sites excluding steroid dienone is 7. The van der Waals surface area contributed by atoms with E-state index in [2.05, 4.69) is 74.7 Å². The van der Waals surface area contributed by atoms with Crippen LogP contribution in [0.4, 0.5) is 0 Å². The molecule has 0 spiro atoms. The van der Waals surface area contributed by atoms with Crippen LogP contribution in [-0.2, 0) is 19.6 Å². The number of aliphatic hydroxyl groups excluding tert-OH is 1. The van der Waals surface area contributed by atoms with Crippen LogP contribution >= 0.6 is 0 Å². The van der Waals surface area contributed by atoms with Crippen molar-refractivity contribution >= 4 is 0 Å². The van der Waals surface area contributed by atoms with Crippen molar-refractivity contribution in [2.45, 2.75) is 26.2 Å². The van der Waals surface area contributed by atoms with Crippen LogP contribution in [0.3, 0.4) is 0 Å². The number of hydrogen-bond acceptors (Lipinski definition) is 4. The maximum atomic E-state index is 9.07. The lowest BCUT2D eigenvalue weighted by molar-refractivity contribution is 0.0869. The van der Waals surface area contributed by atoms with Crippen molar-refractivity contribution in [1.29, 1.82) is 0 Å². The largest absolute Gasteiger partial charge is 0.496 e. The molecular weight excluding hydrogens is 436 g/mol. The lowest BCUT2D eigenvalue weighted by Gasteiger charge is -2.34. The molecule has 0 bridgehead atoms. The maximum absolute atomic E-state index is 9.07. The van der Waals surface area contributed by atoms with Crippen LogP contribution in [0.1, 0.15) is 31.9 Å². The molecule has 0 radical (unpaired) electrons. The lowest BCUT2D eigenvalue weighted by Crippen LogP contribution is -2.28. The van der Waals surface area contributed by atoms with Crippen molar-refractivity contribution in [3.8, 4) is 11.1 Å². The Labute approximate surface area is 209 Å². The highest BCUT2D eigenvalue weighted by Crippen LogP contribution is 2.56. The van der Waals surface area contributed by atoms with Gasteiger partial charge in [-0.2, -0.15) is 0 Å². The summed E-state index contributed by atoms with van der Waals surface area (Å²) in [6, 6.07) is 17.0. The van der Waals surface area contributed by atoms with E-state index in [-0.39, 0.29) is 13.2 Å². The third-order valence-corrected chi connectivity index (χ3v) is 6.20. The molecule has 0 atom stereocenters. The van der Waals surface area contributed by atoms with Crippen molar-refractivity contribution in [3.05, 3.63) is 120 Å². The molecule has 0 unspecified atom stereocenters. The highest BCUT2D eigenvalue weighted by atomic mass is 16.5. The molecule has 4 nitrogen and oxygen atoms in total. The second-order valence-corrected chi connectivity index (χ2v) is 8.41. The molecule has 0 saturated carbocycles. The fraction of sp³-hybridized carbons (Fsp3) is 0.290. The molecule has 1 aliphatic carbocycles. The third-order valence-electron chi connectivity index (χ3n) is 6.20. The first-order valence-electron chi connectivity index (χ1n) is 12.0. The molecule has 2 aromatic carbocycles. The van der Waals surface area contributed by atoms with Crippen LogP contribution in [0.2, 0.25) is 0 Å². The van der Waals surface area contributed by atoms with Gasteiger partial charge in [-0.1, -0.05) is 79.4 Å². The van der Waals surface area contributed by atoms with E-state index in [9.17, 15) is 0 Å². The predicted octanol–water partition coefficient (Wildman–Crippen LogP) is 6.49. The van der Waals surface area contributed by atoms with Gasteiger partial charge in [0, 0.05) is 6.61 Å². The van der Waals surface area contributed by atoms with Gasteiger partial charge in [0.2, 0.25) is 0 Å². The van der Waals surface area contributed by atoms with Crippen molar-refractivity contribution in [1.82, 2.24) is 0 Å². The zero-order valence-electron chi connectivity index (χ0n) is 21.0. The molecule has 0 saturated heterocycles. The van der Waals surface area contributed by atoms with Gasteiger partial charge >= 0.3 is 0 Å². The van der Waals surface area contributed by atoms with Gasteiger partial charge in [-0.15, -0.1) is 0 Å². The van der Waals surface area contributed by atoms with Crippen molar-refractivity contribution in [2.75, 3.05) is 33.0 Å². The van der Waals surface area contributed by atoms with E-state index in [1.54, 1.807) is 0 Å². The van der Waals surface area contributed by atoms with Gasteiger partial charge < -0.3 is 19.3 Å². The normalized spacial score (nSPS) is 14.5. The first-order chi connectivity index (χ1) is 17.0. The van der Waals surface area contributed by atoms with Crippen molar-refractivity contribution in [2.24, 2.45) is 0 Å². The molecule has 1 aliphatic rings. The van der Waals surface area contributed by atoms with Crippen LogP contribution < -0.4 is 0 Å². The molecule has 0 fully saturated rings. The molecule has 1 N–H and O–H groups in total. The minimum atomic E-state index is -0.553. The Morgan fingerprint density at radius 2 is 1.49 bits per heavy atom. The van der Waals surface area contributed by atoms with Crippen LogP contribution in [0.15, 0.2) is 109 Å². The van der Waals surface area contributed by atoms with Gasteiger partial charge in [-0.3, -0.25) is 0 Å². The Morgan fingerprint density at radius 1 is 0.857 bits per heavy atom. The molecule has 0 heterocycles. The van der Waals surface area contributed by atoms with Crippen LogP contribution in [-0.4, -0.2) is 38.1 Å². The first-order valence-corrected chi connectivity index (χ1v) is 12.0. The van der Waals surface area contributed by atoms with E-state index in [0.29, 0.717) is 25.6 Å². The van der Waals surface area contributed by atoms with E-state index in [1.165, 1.54) is 22.3 Å². The highest BCUT2D eigenvalue weighted by Gasteiger charge is 2.45. The standard InChI is InChI=1S/C31H36O4/c1-6-33-21-22-35-26(5)18-16-24(3)31(23(2)15-17-25(4)34-20-19-32)29-13-9-7-11-27(29)28-12-8-10-14-30(28)31/h7-18,32H,3,5-6,19-22H2,1-2,4H3/b18-16-,23-15+,25-17+. The van der Waals surface area contributed by atoms with Gasteiger partial charge in [-0.05, 0) is 60.8 Å². The summed E-state index contributed by atoms with van der Waals surface area (Å²) in [6.07, 6.45) is 7.90. The molecule has 4 heteroatoms. The van der Waals surface area contributed by atoms with Gasteiger partial charge in [0.15, 0.2) is 0 Å². The minimum absolute atomic E-state index is 0.0172. The van der Waals surface area contributed by atoms with E-state index in [4.69, 9.17) is 19.3 Å². The fourth-order valence-corrected chi connectivity index (χ4v) is 4.62. The molecule has 2 aromatic rings. The van der Waals surface area contributed by atoms with Gasteiger partial charge in [-0.25, -0.2) is 0 Å². The van der Waals surface area contributed by atoms with E-state index in [0.717, 1.165) is 16.9 Å². The average Bonchev–Trinajstić information content (AvgIpc) is 3.18. The SMILES string of the molecule is C=C(/C=C\C(=C)C1(/C(C)=C/C=C(\C)OCCO)c2ccccc2-c2ccccc21)OCCOCC. The lowest BCUT2D eigenvalue weighted by atomic mass is 9.67. The maximum Gasteiger partial charge on any atom is 0.112 e. The van der Waals surface area contributed by atoms with E-state index < -0.39 is 5.41 Å². The highest BCUT2D eigenvalue weighted by molar-refractivity contribution is 5.86. The van der Waals surface area contributed by atoms with Crippen LogP contribution in [0.5, 0.6) is 0 Å². The summed E-state index contributed by atoms with van der Waals surface area (Å²) in [7, 11) is 0. The predicted molar refractivity (Wildman–Crippen MR) is 143 cm³/mol. The topological polar surface area (TPSA) is 47.9 Å². The van der Waals surface area contributed by atoms with Crippen LogP contribution in [0, 0.1) is 0 Å². The van der Waals surface area contributed by atoms with Crippen molar-refractivity contribution in [3.63, 3.8) is 0 Å². The number of aliphatic hydroxyl groups is 1. The summed E-state index contributed by atoms with van der Waals surface area (Å²) in [4.78, 5) is 0.